The van der Waals surface area contributed by atoms with Gasteiger partial charge in [-0.1, -0.05) is 30.3 Å². The largest absolute Gasteiger partial charge is 0.373 e. The van der Waals surface area contributed by atoms with E-state index in [0.29, 0.717) is 12.6 Å². The van der Waals surface area contributed by atoms with Crippen LogP contribution in [0.1, 0.15) is 18.1 Å². The molecule has 33 heavy (non-hydrogen) atoms. The van der Waals surface area contributed by atoms with E-state index in [-0.39, 0.29) is 6.10 Å². The molecule has 2 aliphatic rings. The average Bonchev–Trinajstić information content (AvgIpc) is 3.54. The minimum Gasteiger partial charge on any atom is -0.373 e. The van der Waals surface area contributed by atoms with Crippen molar-refractivity contribution in [3.63, 3.8) is 0 Å². The van der Waals surface area contributed by atoms with Crippen LogP contribution in [0, 0.1) is 0 Å². The number of ether oxygens (including phenoxy) is 1. The number of nitrogens with one attached hydrogen (secondary N) is 1. The Bertz CT molecular complexity index is 1050. The van der Waals surface area contributed by atoms with Crippen molar-refractivity contribution >= 4 is 5.96 Å². The number of rotatable bonds is 6. The molecule has 8 nitrogen and oxygen atoms in total. The van der Waals surface area contributed by atoms with Crippen LogP contribution in [0.25, 0.3) is 5.82 Å². The molecule has 0 radical (unpaired) electrons. The number of morpholine rings is 1. The lowest BCUT2D eigenvalue weighted by Crippen LogP contribution is -2.50. The predicted octanol–water partition coefficient (Wildman–Crippen LogP) is 2.32. The van der Waals surface area contributed by atoms with E-state index in [0.717, 1.165) is 56.7 Å². The van der Waals surface area contributed by atoms with Gasteiger partial charge in [0.05, 0.1) is 25.3 Å². The molecule has 4 heterocycles. The summed E-state index contributed by atoms with van der Waals surface area (Å²) in [5.41, 5.74) is 2.45. The lowest BCUT2D eigenvalue weighted by atomic mass is 10.1. The number of aromatic nitrogens is 3. The summed E-state index contributed by atoms with van der Waals surface area (Å²) in [4.78, 5) is 14.3. The summed E-state index contributed by atoms with van der Waals surface area (Å²) >= 11 is 0. The van der Waals surface area contributed by atoms with E-state index < -0.39 is 0 Å². The van der Waals surface area contributed by atoms with E-state index in [4.69, 9.17) is 9.73 Å². The Morgan fingerprint density at radius 1 is 1.12 bits per heavy atom. The molecule has 2 saturated heterocycles. The number of pyridine rings is 1. The fraction of sp³-hybridized carbons (Fsp3) is 0.400. The Kier molecular flexibility index (Phi) is 6.64. The summed E-state index contributed by atoms with van der Waals surface area (Å²) in [6.07, 6.45) is 5.67. The van der Waals surface area contributed by atoms with Gasteiger partial charge >= 0.3 is 0 Å². The highest BCUT2D eigenvalue weighted by Crippen LogP contribution is 2.25. The smallest absolute Gasteiger partial charge is 0.194 e. The van der Waals surface area contributed by atoms with Crippen molar-refractivity contribution in [1.29, 1.82) is 0 Å². The number of hydrogen-bond donors (Lipinski definition) is 1. The van der Waals surface area contributed by atoms with Crippen LogP contribution >= 0.6 is 0 Å². The second-order valence-electron chi connectivity index (χ2n) is 8.48. The van der Waals surface area contributed by atoms with Crippen molar-refractivity contribution in [3.8, 4) is 5.82 Å². The van der Waals surface area contributed by atoms with Crippen molar-refractivity contribution in [2.75, 3.05) is 32.8 Å². The van der Waals surface area contributed by atoms with Gasteiger partial charge < -0.3 is 15.0 Å². The van der Waals surface area contributed by atoms with Gasteiger partial charge in [0.25, 0.3) is 0 Å². The van der Waals surface area contributed by atoms with Gasteiger partial charge in [-0.25, -0.2) is 14.7 Å². The van der Waals surface area contributed by atoms with Crippen LogP contribution in [0.4, 0.5) is 0 Å². The van der Waals surface area contributed by atoms with Crippen molar-refractivity contribution in [3.05, 3.63) is 78.2 Å². The van der Waals surface area contributed by atoms with Crippen LogP contribution < -0.4 is 5.32 Å². The summed E-state index contributed by atoms with van der Waals surface area (Å²) in [6.45, 7) is 8.00. The number of fused-ring (bicyclic) bond motifs is 1. The first kappa shape index (κ1) is 21.6. The third-order valence-corrected chi connectivity index (χ3v) is 6.24. The monoisotopic (exact) mass is 445 g/mol. The van der Waals surface area contributed by atoms with Crippen LogP contribution in [0.5, 0.6) is 0 Å². The van der Waals surface area contributed by atoms with Gasteiger partial charge in [-0.15, -0.1) is 0 Å². The molecule has 2 aromatic heterocycles. The first-order valence-corrected chi connectivity index (χ1v) is 11.7. The molecule has 0 aliphatic carbocycles. The summed E-state index contributed by atoms with van der Waals surface area (Å²) < 4.78 is 7.93. The minimum atomic E-state index is 0.207. The Morgan fingerprint density at radius 2 is 2.03 bits per heavy atom. The molecule has 0 spiro atoms. The summed E-state index contributed by atoms with van der Waals surface area (Å²) in [5.74, 6) is 1.74. The molecule has 8 heteroatoms. The van der Waals surface area contributed by atoms with E-state index >= 15 is 0 Å². The molecule has 1 aromatic carbocycles. The SMILES string of the molecule is CCNC(=NCc1ccnc(-n2cccn2)c1)N1CC2OCCN(Cc3ccccc3)C2C1. The third kappa shape index (κ3) is 5.07. The Balaban J connectivity index is 1.28. The summed E-state index contributed by atoms with van der Waals surface area (Å²) in [7, 11) is 0. The predicted molar refractivity (Wildman–Crippen MR) is 128 cm³/mol. The van der Waals surface area contributed by atoms with Crippen LogP contribution in [-0.2, 0) is 17.8 Å². The van der Waals surface area contributed by atoms with Crippen LogP contribution in [0.2, 0.25) is 0 Å². The number of benzene rings is 1. The van der Waals surface area contributed by atoms with E-state index in [9.17, 15) is 0 Å². The third-order valence-electron chi connectivity index (χ3n) is 6.24. The van der Waals surface area contributed by atoms with Crippen LogP contribution in [-0.4, -0.2) is 75.5 Å². The maximum Gasteiger partial charge on any atom is 0.194 e. The molecular formula is C25H31N7O. The molecule has 0 amide bonds. The van der Waals surface area contributed by atoms with Gasteiger partial charge in [0.15, 0.2) is 11.8 Å². The first-order chi connectivity index (χ1) is 16.3. The topological polar surface area (TPSA) is 70.8 Å². The van der Waals surface area contributed by atoms with Crippen LogP contribution in [0.15, 0.2) is 72.1 Å². The fourth-order valence-electron chi connectivity index (χ4n) is 4.63. The van der Waals surface area contributed by atoms with Crippen molar-refractivity contribution in [2.24, 2.45) is 4.99 Å². The van der Waals surface area contributed by atoms with Gasteiger partial charge in [0, 0.05) is 51.3 Å². The van der Waals surface area contributed by atoms with Gasteiger partial charge in [-0.3, -0.25) is 4.90 Å². The number of aliphatic imine (C=N–C) groups is 1. The Hall–Kier alpha value is -3.23. The average molecular weight is 446 g/mol. The molecule has 0 bridgehead atoms. The normalized spacial score (nSPS) is 21.2. The molecule has 2 unspecified atom stereocenters. The number of nitrogens with zero attached hydrogens (tertiary/aromatic N) is 6. The number of guanidine groups is 1. The maximum atomic E-state index is 6.16. The lowest BCUT2D eigenvalue weighted by Gasteiger charge is -2.36. The van der Waals surface area contributed by atoms with E-state index in [1.165, 1.54) is 5.56 Å². The van der Waals surface area contributed by atoms with Gasteiger partial charge in [0.2, 0.25) is 0 Å². The van der Waals surface area contributed by atoms with Gasteiger partial charge in [-0.05, 0) is 36.2 Å². The van der Waals surface area contributed by atoms with Crippen molar-refractivity contribution in [1.82, 2.24) is 29.9 Å². The number of hydrogen-bond acceptors (Lipinski definition) is 5. The lowest BCUT2D eigenvalue weighted by molar-refractivity contribution is -0.0502. The summed E-state index contributed by atoms with van der Waals surface area (Å²) in [5, 5.41) is 7.75. The standard InChI is InChI=1S/C25H31N7O/c1-2-26-25(28-16-21-9-11-27-24(15-21)32-12-6-10-29-32)31-18-22-23(19-31)33-14-13-30(22)17-20-7-4-3-5-8-20/h3-12,15,22-23H,2,13-14,16-19H2,1H3,(H,26,28). The maximum absolute atomic E-state index is 6.16. The van der Waals surface area contributed by atoms with Crippen LogP contribution in [0.3, 0.4) is 0 Å². The zero-order valence-electron chi connectivity index (χ0n) is 19.0. The molecule has 5 rings (SSSR count). The van der Waals surface area contributed by atoms with Crippen molar-refractivity contribution in [2.45, 2.75) is 32.2 Å². The minimum absolute atomic E-state index is 0.207. The fourth-order valence-corrected chi connectivity index (χ4v) is 4.63. The highest BCUT2D eigenvalue weighted by molar-refractivity contribution is 5.80. The molecule has 1 N–H and O–H groups in total. The van der Waals surface area contributed by atoms with Gasteiger partial charge in [0.1, 0.15) is 0 Å². The highest BCUT2D eigenvalue weighted by Gasteiger charge is 2.41. The molecule has 172 valence electrons. The zero-order chi connectivity index (χ0) is 22.5. The molecule has 2 fully saturated rings. The molecule has 2 atom stereocenters. The second-order valence-corrected chi connectivity index (χ2v) is 8.48. The Morgan fingerprint density at radius 3 is 2.85 bits per heavy atom. The van der Waals surface area contributed by atoms with E-state index in [1.807, 2.05) is 30.6 Å². The molecule has 2 aliphatic heterocycles. The van der Waals surface area contributed by atoms with E-state index in [2.05, 4.69) is 62.5 Å². The zero-order valence-corrected chi connectivity index (χ0v) is 19.0. The second kappa shape index (κ2) is 10.1. The Labute approximate surface area is 194 Å². The quantitative estimate of drug-likeness (QED) is 0.464. The van der Waals surface area contributed by atoms with E-state index in [1.54, 1.807) is 10.9 Å². The van der Waals surface area contributed by atoms with Crippen molar-refractivity contribution < 1.29 is 4.74 Å². The molecule has 3 aromatic rings. The number of likely N-dealkylation sites (tertiary alicyclic amines) is 1. The molecule has 0 saturated carbocycles. The first-order valence-electron chi connectivity index (χ1n) is 11.7. The van der Waals surface area contributed by atoms with Gasteiger partial charge in [-0.2, -0.15) is 5.10 Å². The summed E-state index contributed by atoms with van der Waals surface area (Å²) in [6, 6.07) is 17.0. The molecular weight excluding hydrogens is 414 g/mol. The highest BCUT2D eigenvalue weighted by atomic mass is 16.5.